The van der Waals surface area contributed by atoms with E-state index in [0.29, 0.717) is 45.2 Å². The second kappa shape index (κ2) is 19.0. The van der Waals surface area contributed by atoms with Gasteiger partial charge >= 0.3 is 0 Å². The Bertz CT molecular complexity index is 2630. The number of rotatable bonds is 14. The lowest BCUT2D eigenvalue weighted by Gasteiger charge is -2.24. The van der Waals surface area contributed by atoms with E-state index in [4.69, 9.17) is 35.8 Å². The highest BCUT2D eigenvalue weighted by atomic mass is 35.5. The largest absolute Gasteiger partial charge is 0.493 e. The minimum atomic E-state index is -0.265. The monoisotopic (exact) mass is 868 g/mol. The van der Waals surface area contributed by atoms with Gasteiger partial charge in [-0.05, 0) is 92.0 Å². The maximum Gasteiger partial charge on any atom is 0.267 e. The van der Waals surface area contributed by atoms with Gasteiger partial charge in [0.15, 0.2) is 35.0 Å². The number of hydrogen-bond acceptors (Lipinski definition) is 11. The van der Waals surface area contributed by atoms with Crippen LogP contribution in [0.1, 0.15) is 80.6 Å². The standard InChI is InChI=1S/C47H41ClN6O5S2/c1-57-40-23-32(25-50)18-20-39(40)59-29-44(56)53(26-30-9-3-2-4-10-30)47-52-45-35(13-8-16-42(45)61-47)34-12-7-11-33(21-34)27-54(46-51-37-14-5-6-15-41(37)60-46)43(55)28-58-38-19-17-31(24-49)22-36(38)48/h2-4,7,9-12,17-23,35H,5-6,8,13-16,26-29H2,1H3. The van der Waals surface area contributed by atoms with Crippen LogP contribution in [0.4, 0.5) is 10.3 Å². The van der Waals surface area contributed by atoms with Crippen molar-refractivity contribution in [1.82, 2.24) is 9.97 Å². The minimum absolute atomic E-state index is 0.0141. The number of methoxy groups -OCH3 is 1. The molecule has 1 unspecified atom stereocenters. The number of hydrogen-bond donors (Lipinski definition) is 0. The summed E-state index contributed by atoms with van der Waals surface area (Å²) in [6.45, 7) is 0.0844. The Balaban J connectivity index is 1.05. The summed E-state index contributed by atoms with van der Waals surface area (Å²) in [4.78, 5) is 44.0. The topological polar surface area (TPSA) is 142 Å². The average Bonchev–Trinajstić information content (AvgIpc) is 3.94. The molecule has 6 aromatic rings. The van der Waals surface area contributed by atoms with Gasteiger partial charge in [0, 0.05) is 21.7 Å². The first kappa shape index (κ1) is 41.5. The second-order valence-corrected chi connectivity index (χ2v) is 17.4. The van der Waals surface area contributed by atoms with Gasteiger partial charge in [-0.15, -0.1) is 22.7 Å². The molecule has 61 heavy (non-hydrogen) atoms. The highest BCUT2D eigenvalue weighted by Crippen LogP contribution is 2.42. The number of nitriles is 2. The quantitative estimate of drug-likeness (QED) is 0.105. The summed E-state index contributed by atoms with van der Waals surface area (Å²) < 4.78 is 17.3. The number of aryl methyl sites for hydroxylation is 3. The van der Waals surface area contributed by atoms with Crippen LogP contribution < -0.4 is 24.0 Å². The Morgan fingerprint density at radius 1 is 0.721 bits per heavy atom. The number of aromatic nitrogens is 2. The molecule has 8 rings (SSSR count). The van der Waals surface area contributed by atoms with Crippen LogP contribution in [0.2, 0.25) is 5.02 Å². The second-order valence-electron chi connectivity index (χ2n) is 14.8. The molecule has 2 amide bonds. The Kier molecular flexibility index (Phi) is 12.9. The molecule has 4 aromatic carbocycles. The van der Waals surface area contributed by atoms with Crippen molar-refractivity contribution in [2.45, 2.75) is 64.0 Å². The molecule has 0 aliphatic heterocycles. The zero-order valence-corrected chi connectivity index (χ0v) is 35.8. The average molecular weight is 869 g/mol. The molecule has 2 aromatic heterocycles. The summed E-state index contributed by atoms with van der Waals surface area (Å²) in [6.07, 6.45) is 6.73. The van der Waals surface area contributed by atoms with Crippen LogP contribution in [0.3, 0.4) is 0 Å². The fourth-order valence-corrected chi connectivity index (χ4v) is 10.2. The number of anilines is 2. The Morgan fingerprint density at radius 3 is 2.08 bits per heavy atom. The zero-order valence-electron chi connectivity index (χ0n) is 33.4. The summed E-state index contributed by atoms with van der Waals surface area (Å²) in [5.41, 5.74) is 5.82. The lowest BCUT2D eigenvalue weighted by Crippen LogP contribution is -2.34. The van der Waals surface area contributed by atoms with E-state index in [9.17, 15) is 20.1 Å². The van der Waals surface area contributed by atoms with Crippen molar-refractivity contribution in [3.05, 3.63) is 145 Å². The van der Waals surface area contributed by atoms with Crippen LogP contribution in [-0.2, 0) is 41.9 Å². The molecule has 1 atom stereocenters. The lowest BCUT2D eigenvalue weighted by atomic mass is 9.85. The van der Waals surface area contributed by atoms with Crippen molar-refractivity contribution >= 4 is 56.4 Å². The van der Waals surface area contributed by atoms with Gasteiger partial charge in [0.1, 0.15) is 5.75 Å². The molecule has 0 fully saturated rings. The van der Waals surface area contributed by atoms with Gasteiger partial charge < -0.3 is 14.2 Å². The van der Waals surface area contributed by atoms with E-state index >= 15 is 0 Å². The first-order valence-corrected chi connectivity index (χ1v) is 22.1. The number of carbonyl (C=O) groups is 2. The van der Waals surface area contributed by atoms with Crippen LogP contribution in [0, 0.1) is 22.7 Å². The molecule has 0 N–H and O–H groups in total. The van der Waals surface area contributed by atoms with Gasteiger partial charge in [-0.2, -0.15) is 10.5 Å². The summed E-state index contributed by atoms with van der Waals surface area (Å²) in [5, 5.41) is 20.1. The smallest absolute Gasteiger partial charge is 0.267 e. The summed E-state index contributed by atoms with van der Waals surface area (Å²) >= 11 is 9.49. The van der Waals surface area contributed by atoms with Crippen molar-refractivity contribution in [3.63, 3.8) is 0 Å². The van der Waals surface area contributed by atoms with Crippen molar-refractivity contribution in [3.8, 4) is 29.4 Å². The van der Waals surface area contributed by atoms with Crippen molar-refractivity contribution in [2.75, 3.05) is 30.1 Å². The number of fused-ring (bicyclic) bond motifs is 2. The number of benzene rings is 4. The number of carbonyl (C=O) groups excluding carboxylic acids is 2. The predicted molar refractivity (Wildman–Crippen MR) is 236 cm³/mol. The molecule has 2 heterocycles. The van der Waals surface area contributed by atoms with Gasteiger partial charge in [-0.25, -0.2) is 9.97 Å². The molecule has 14 heteroatoms. The van der Waals surface area contributed by atoms with E-state index in [2.05, 4.69) is 24.3 Å². The fraction of sp³-hybridized carbons (Fsp3) is 0.277. The van der Waals surface area contributed by atoms with Gasteiger partial charge in [-0.1, -0.05) is 66.2 Å². The number of thiazole rings is 2. The van der Waals surface area contributed by atoms with Crippen LogP contribution in [0.15, 0.2) is 91.0 Å². The van der Waals surface area contributed by atoms with Gasteiger partial charge in [0.05, 0.1) is 59.9 Å². The fourth-order valence-electron chi connectivity index (χ4n) is 7.66. The van der Waals surface area contributed by atoms with E-state index in [1.165, 1.54) is 29.4 Å². The van der Waals surface area contributed by atoms with Gasteiger partial charge in [0.25, 0.3) is 11.8 Å². The third-order valence-electron chi connectivity index (χ3n) is 10.8. The Labute approximate surface area is 367 Å². The van der Waals surface area contributed by atoms with Crippen LogP contribution in [0.25, 0.3) is 0 Å². The molecule has 2 aliphatic carbocycles. The first-order valence-electron chi connectivity index (χ1n) is 20.0. The minimum Gasteiger partial charge on any atom is -0.493 e. The predicted octanol–water partition coefficient (Wildman–Crippen LogP) is 9.58. The molecular weight excluding hydrogens is 828 g/mol. The Hall–Kier alpha value is -6.25. The summed E-state index contributed by atoms with van der Waals surface area (Å²) in [5.74, 6) is 0.527. The molecule has 0 saturated heterocycles. The van der Waals surface area contributed by atoms with E-state index in [1.54, 1.807) is 51.5 Å². The van der Waals surface area contributed by atoms with E-state index in [-0.39, 0.29) is 42.5 Å². The van der Waals surface area contributed by atoms with Crippen molar-refractivity contribution < 1.29 is 23.8 Å². The van der Waals surface area contributed by atoms with E-state index < -0.39 is 0 Å². The molecule has 2 aliphatic rings. The number of ether oxygens (including phenoxy) is 3. The third-order valence-corrected chi connectivity index (χ3v) is 13.4. The van der Waals surface area contributed by atoms with Crippen molar-refractivity contribution in [2.24, 2.45) is 0 Å². The SMILES string of the molecule is COc1cc(C#N)ccc1OCC(=O)N(Cc1ccccc1)c1nc2c(s1)CCCC2c1cccc(CN(C(=O)COc2ccc(C#N)cc2Cl)c2nc3c(s2)CCCC3)c1. The molecule has 0 radical (unpaired) electrons. The van der Waals surface area contributed by atoms with Crippen LogP contribution in [-0.4, -0.2) is 42.1 Å². The van der Waals surface area contributed by atoms with E-state index in [0.717, 1.165) is 77.9 Å². The van der Waals surface area contributed by atoms with E-state index in [1.807, 2.05) is 42.5 Å². The molecule has 0 saturated carbocycles. The molecule has 0 bridgehead atoms. The number of nitrogens with zero attached hydrogens (tertiary/aromatic N) is 6. The van der Waals surface area contributed by atoms with Crippen LogP contribution >= 0.6 is 34.3 Å². The van der Waals surface area contributed by atoms with Gasteiger partial charge in [0.2, 0.25) is 0 Å². The highest BCUT2D eigenvalue weighted by Gasteiger charge is 2.31. The first-order chi connectivity index (χ1) is 29.8. The molecule has 0 spiro atoms. The van der Waals surface area contributed by atoms with Crippen molar-refractivity contribution in [1.29, 1.82) is 10.5 Å². The molecule has 308 valence electrons. The Morgan fingerprint density at radius 2 is 1.36 bits per heavy atom. The highest BCUT2D eigenvalue weighted by molar-refractivity contribution is 7.16. The molecular formula is C47H41ClN6O5S2. The normalized spacial score (nSPS) is 14.1. The summed E-state index contributed by atoms with van der Waals surface area (Å²) in [6, 6.07) is 31.8. The number of amides is 2. The maximum atomic E-state index is 14.1. The molecule has 11 nitrogen and oxygen atoms in total. The van der Waals surface area contributed by atoms with Gasteiger partial charge in [-0.3, -0.25) is 19.4 Å². The zero-order chi connectivity index (χ0) is 42.3. The third kappa shape index (κ3) is 9.55. The van der Waals surface area contributed by atoms with Crippen LogP contribution in [0.5, 0.6) is 17.2 Å². The maximum absolute atomic E-state index is 14.1. The lowest BCUT2D eigenvalue weighted by molar-refractivity contribution is -0.121. The summed E-state index contributed by atoms with van der Waals surface area (Å²) in [7, 11) is 1.49. The number of halogens is 1.